The molecular weight excluding hydrogens is 204 g/mol. The van der Waals surface area contributed by atoms with Crippen LogP contribution in [-0.2, 0) is 0 Å². The zero-order chi connectivity index (χ0) is 12.3. The van der Waals surface area contributed by atoms with Crippen molar-refractivity contribution in [1.29, 1.82) is 0 Å². The van der Waals surface area contributed by atoms with Gasteiger partial charge < -0.3 is 10.5 Å². The highest BCUT2D eigenvalue weighted by molar-refractivity contribution is 6.00. The van der Waals surface area contributed by atoms with Crippen molar-refractivity contribution in [3.05, 3.63) is 23.8 Å². The summed E-state index contributed by atoms with van der Waals surface area (Å²) in [6.07, 6.45) is 0. The number of likely N-dealkylation sites (N-methyl/N-ethyl adjacent to an activating group) is 1. The lowest BCUT2D eigenvalue weighted by molar-refractivity contribution is 0.0890. The normalized spacial score (nSPS) is 12.6. The van der Waals surface area contributed by atoms with Crippen molar-refractivity contribution in [3.8, 4) is 5.75 Å². The summed E-state index contributed by atoms with van der Waals surface area (Å²) in [5, 5.41) is 0. The summed E-state index contributed by atoms with van der Waals surface area (Å²) in [5.74, 6) is 0.647. The van der Waals surface area contributed by atoms with Gasteiger partial charge in [-0.3, -0.25) is 9.69 Å². The van der Waals surface area contributed by atoms with Crippen LogP contribution >= 0.6 is 0 Å². The SMILES string of the molecule is COc1ccc(C(=O)C(C)N(C)C)cc1N. The lowest BCUT2D eigenvalue weighted by Crippen LogP contribution is -2.32. The van der Waals surface area contributed by atoms with Gasteiger partial charge in [0.25, 0.3) is 0 Å². The standard InChI is InChI=1S/C12H18N2O2/c1-8(14(2)3)12(15)9-5-6-11(16-4)10(13)7-9/h5-8H,13H2,1-4H3. The monoisotopic (exact) mass is 222 g/mol. The van der Waals surface area contributed by atoms with Crippen molar-refractivity contribution in [3.63, 3.8) is 0 Å². The minimum atomic E-state index is -0.159. The van der Waals surface area contributed by atoms with Crippen molar-refractivity contribution in [1.82, 2.24) is 4.90 Å². The molecule has 1 aromatic rings. The molecule has 88 valence electrons. The molecule has 0 radical (unpaired) electrons. The molecule has 0 bridgehead atoms. The van der Waals surface area contributed by atoms with Gasteiger partial charge in [0.2, 0.25) is 0 Å². The molecule has 1 atom stereocenters. The Balaban J connectivity index is 2.97. The van der Waals surface area contributed by atoms with Crippen molar-refractivity contribution in [2.45, 2.75) is 13.0 Å². The highest BCUT2D eigenvalue weighted by atomic mass is 16.5. The summed E-state index contributed by atoms with van der Waals surface area (Å²) in [6.45, 7) is 1.86. The third-order valence-electron chi connectivity index (χ3n) is 2.67. The van der Waals surface area contributed by atoms with E-state index in [0.29, 0.717) is 17.0 Å². The Labute approximate surface area is 96.0 Å². The van der Waals surface area contributed by atoms with Gasteiger partial charge >= 0.3 is 0 Å². The van der Waals surface area contributed by atoms with Gasteiger partial charge in [-0.15, -0.1) is 0 Å². The summed E-state index contributed by atoms with van der Waals surface area (Å²) in [5.41, 5.74) is 6.85. The number of methoxy groups -OCH3 is 1. The first-order chi connectivity index (χ1) is 7.47. The number of nitrogens with zero attached hydrogens (tertiary/aromatic N) is 1. The van der Waals surface area contributed by atoms with E-state index in [9.17, 15) is 4.79 Å². The van der Waals surface area contributed by atoms with Gasteiger partial charge in [0.05, 0.1) is 18.8 Å². The summed E-state index contributed by atoms with van der Waals surface area (Å²) < 4.78 is 5.04. The molecule has 0 heterocycles. The van der Waals surface area contributed by atoms with Crippen molar-refractivity contribution < 1.29 is 9.53 Å². The quantitative estimate of drug-likeness (QED) is 0.618. The number of Topliss-reactive ketones (excluding diaryl/α,β-unsaturated/α-hetero) is 1. The second-order valence-electron chi connectivity index (χ2n) is 3.96. The first-order valence-corrected chi connectivity index (χ1v) is 5.11. The maximum Gasteiger partial charge on any atom is 0.179 e. The molecule has 0 aliphatic rings. The number of ether oxygens (including phenoxy) is 1. The average molecular weight is 222 g/mol. The molecule has 16 heavy (non-hydrogen) atoms. The fourth-order valence-corrected chi connectivity index (χ4v) is 1.36. The van der Waals surface area contributed by atoms with Gasteiger partial charge in [0.15, 0.2) is 5.78 Å². The molecule has 2 N–H and O–H groups in total. The number of carbonyl (C=O) groups is 1. The topological polar surface area (TPSA) is 55.6 Å². The number of ketones is 1. The number of hydrogen-bond donors (Lipinski definition) is 1. The summed E-state index contributed by atoms with van der Waals surface area (Å²) in [6, 6.07) is 4.94. The number of anilines is 1. The van der Waals surface area contributed by atoms with Crippen LogP contribution in [0.1, 0.15) is 17.3 Å². The Morgan fingerprint density at radius 3 is 2.50 bits per heavy atom. The van der Waals surface area contributed by atoms with E-state index in [2.05, 4.69) is 0 Å². The van der Waals surface area contributed by atoms with E-state index in [1.54, 1.807) is 25.3 Å². The predicted octanol–water partition coefficient (Wildman–Crippen LogP) is 1.41. The zero-order valence-corrected chi connectivity index (χ0v) is 10.2. The molecule has 0 aliphatic heterocycles. The summed E-state index contributed by atoms with van der Waals surface area (Å²) in [7, 11) is 5.29. The maximum absolute atomic E-state index is 12.0. The van der Waals surface area contributed by atoms with Crippen LogP contribution in [0.25, 0.3) is 0 Å². The molecule has 1 aromatic carbocycles. The Morgan fingerprint density at radius 1 is 1.44 bits per heavy atom. The van der Waals surface area contributed by atoms with E-state index in [-0.39, 0.29) is 11.8 Å². The first-order valence-electron chi connectivity index (χ1n) is 5.11. The lowest BCUT2D eigenvalue weighted by Gasteiger charge is -2.18. The van der Waals surface area contributed by atoms with E-state index in [1.165, 1.54) is 0 Å². The molecular formula is C12H18N2O2. The number of nitrogens with two attached hydrogens (primary N) is 1. The van der Waals surface area contributed by atoms with Gasteiger partial charge in [-0.25, -0.2) is 0 Å². The molecule has 0 saturated heterocycles. The van der Waals surface area contributed by atoms with Gasteiger partial charge in [-0.2, -0.15) is 0 Å². The number of nitrogen functional groups attached to an aromatic ring is 1. The van der Waals surface area contributed by atoms with Crippen LogP contribution in [0.5, 0.6) is 5.75 Å². The average Bonchev–Trinajstić information content (AvgIpc) is 2.26. The molecule has 1 unspecified atom stereocenters. The predicted molar refractivity (Wildman–Crippen MR) is 64.9 cm³/mol. The Morgan fingerprint density at radius 2 is 2.06 bits per heavy atom. The van der Waals surface area contributed by atoms with Crippen molar-refractivity contribution >= 4 is 11.5 Å². The van der Waals surface area contributed by atoms with E-state index in [0.717, 1.165) is 0 Å². The highest BCUT2D eigenvalue weighted by Crippen LogP contribution is 2.22. The fraction of sp³-hybridized carbons (Fsp3) is 0.417. The van der Waals surface area contributed by atoms with Gasteiger partial charge in [0, 0.05) is 5.56 Å². The number of rotatable bonds is 4. The Hall–Kier alpha value is -1.55. The van der Waals surface area contributed by atoms with Gasteiger partial charge in [-0.1, -0.05) is 0 Å². The third-order valence-corrected chi connectivity index (χ3v) is 2.67. The Bertz CT molecular complexity index is 389. The number of carbonyl (C=O) groups excluding carboxylic acids is 1. The summed E-state index contributed by atoms with van der Waals surface area (Å²) >= 11 is 0. The van der Waals surface area contributed by atoms with E-state index >= 15 is 0 Å². The molecule has 0 amide bonds. The summed E-state index contributed by atoms with van der Waals surface area (Å²) in [4.78, 5) is 13.9. The van der Waals surface area contributed by atoms with Gasteiger partial charge in [-0.05, 0) is 39.2 Å². The van der Waals surface area contributed by atoms with Crippen LogP contribution in [0.4, 0.5) is 5.69 Å². The van der Waals surface area contributed by atoms with Gasteiger partial charge in [0.1, 0.15) is 5.75 Å². The lowest BCUT2D eigenvalue weighted by atomic mass is 10.0. The largest absolute Gasteiger partial charge is 0.495 e. The maximum atomic E-state index is 12.0. The van der Waals surface area contributed by atoms with E-state index in [1.807, 2.05) is 25.9 Å². The minimum Gasteiger partial charge on any atom is -0.495 e. The minimum absolute atomic E-state index is 0.0550. The highest BCUT2D eigenvalue weighted by Gasteiger charge is 2.17. The zero-order valence-electron chi connectivity index (χ0n) is 10.2. The van der Waals surface area contributed by atoms with E-state index in [4.69, 9.17) is 10.5 Å². The van der Waals surface area contributed by atoms with Crippen LogP contribution < -0.4 is 10.5 Å². The molecule has 1 rings (SSSR count). The van der Waals surface area contributed by atoms with Crippen LogP contribution in [-0.4, -0.2) is 37.9 Å². The van der Waals surface area contributed by atoms with Crippen molar-refractivity contribution in [2.75, 3.05) is 26.9 Å². The smallest absolute Gasteiger partial charge is 0.179 e. The molecule has 4 nitrogen and oxygen atoms in total. The Kier molecular flexibility index (Phi) is 3.90. The number of hydrogen-bond acceptors (Lipinski definition) is 4. The van der Waals surface area contributed by atoms with Crippen molar-refractivity contribution in [2.24, 2.45) is 0 Å². The molecule has 0 aliphatic carbocycles. The third kappa shape index (κ3) is 2.52. The molecule has 0 spiro atoms. The molecule has 0 aromatic heterocycles. The first kappa shape index (κ1) is 12.5. The molecule has 0 fully saturated rings. The molecule has 4 heteroatoms. The van der Waals surface area contributed by atoms with E-state index < -0.39 is 0 Å². The second-order valence-corrected chi connectivity index (χ2v) is 3.96. The van der Waals surface area contributed by atoms with Crippen LogP contribution in [0.15, 0.2) is 18.2 Å². The second kappa shape index (κ2) is 4.99. The van der Waals surface area contributed by atoms with Crippen LogP contribution in [0.3, 0.4) is 0 Å². The number of benzene rings is 1. The van der Waals surface area contributed by atoms with Crippen LogP contribution in [0.2, 0.25) is 0 Å². The fourth-order valence-electron chi connectivity index (χ4n) is 1.36. The molecule has 0 saturated carbocycles. The van der Waals surface area contributed by atoms with Crippen LogP contribution in [0, 0.1) is 0 Å².